The van der Waals surface area contributed by atoms with Crippen molar-refractivity contribution in [2.45, 2.75) is 13.3 Å². The first-order valence-electron chi connectivity index (χ1n) is 6.57. The van der Waals surface area contributed by atoms with Crippen LogP contribution in [-0.2, 0) is 4.79 Å². The number of benzene rings is 1. The van der Waals surface area contributed by atoms with E-state index in [0.29, 0.717) is 23.8 Å². The Hall–Kier alpha value is -1.59. The monoisotopic (exact) mass is 263 g/mol. The molecule has 4 N–H and O–H groups in total. The van der Waals surface area contributed by atoms with Gasteiger partial charge in [0.2, 0.25) is 5.91 Å². The number of hydrogen-bond acceptors (Lipinski definition) is 4. The van der Waals surface area contributed by atoms with Crippen LogP contribution in [0.15, 0.2) is 18.2 Å². The molecular formula is C14H21N3O2. The zero-order valence-corrected chi connectivity index (χ0v) is 11.2. The van der Waals surface area contributed by atoms with Gasteiger partial charge < -0.3 is 16.2 Å². The fraction of sp³-hybridized carbons (Fsp3) is 0.500. The number of carbonyl (C=O) groups is 1. The average Bonchev–Trinajstić information content (AvgIpc) is 2.80. The van der Waals surface area contributed by atoms with Gasteiger partial charge in [0, 0.05) is 13.2 Å². The second kappa shape index (κ2) is 6.04. The highest BCUT2D eigenvalue weighted by Gasteiger charge is 2.23. The Balaban J connectivity index is 1.87. The first kappa shape index (κ1) is 13.8. The molecule has 0 radical (unpaired) electrons. The highest BCUT2D eigenvalue weighted by Crippen LogP contribution is 2.20. The first-order chi connectivity index (χ1) is 9.08. The van der Waals surface area contributed by atoms with E-state index in [-0.39, 0.29) is 12.5 Å². The van der Waals surface area contributed by atoms with Gasteiger partial charge in [0.05, 0.1) is 17.9 Å². The van der Waals surface area contributed by atoms with Crippen molar-refractivity contribution in [3.05, 3.63) is 23.8 Å². The van der Waals surface area contributed by atoms with Crippen molar-refractivity contribution in [2.75, 3.05) is 37.3 Å². The Bertz CT molecular complexity index is 462. The van der Waals surface area contributed by atoms with Gasteiger partial charge in [-0.05, 0) is 43.5 Å². The van der Waals surface area contributed by atoms with Crippen molar-refractivity contribution in [3.63, 3.8) is 0 Å². The van der Waals surface area contributed by atoms with E-state index in [1.54, 1.807) is 0 Å². The lowest BCUT2D eigenvalue weighted by atomic mass is 10.1. The number of aliphatic hydroxyl groups is 1. The number of aliphatic hydroxyl groups excluding tert-OH is 1. The first-order valence-corrected chi connectivity index (χ1v) is 6.57. The highest BCUT2D eigenvalue weighted by molar-refractivity contribution is 5.95. The molecule has 1 fully saturated rings. The van der Waals surface area contributed by atoms with Gasteiger partial charge in [-0.1, -0.05) is 6.07 Å². The van der Waals surface area contributed by atoms with Crippen LogP contribution in [0.5, 0.6) is 0 Å². The topological polar surface area (TPSA) is 78.6 Å². The van der Waals surface area contributed by atoms with E-state index >= 15 is 0 Å². The number of anilines is 2. The molecule has 104 valence electrons. The lowest BCUT2D eigenvalue weighted by molar-refractivity contribution is -0.117. The van der Waals surface area contributed by atoms with Crippen molar-refractivity contribution in [2.24, 2.45) is 5.92 Å². The Morgan fingerprint density at radius 1 is 1.58 bits per heavy atom. The minimum absolute atomic E-state index is 0.0610. The Kier molecular flexibility index (Phi) is 4.39. The molecular weight excluding hydrogens is 242 g/mol. The molecule has 0 aromatic heterocycles. The summed E-state index contributed by atoms with van der Waals surface area (Å²) in [5, 5.41) is 11.9. The number of likely N-dealkylation sites (tertiary alicyclic amines) is 1. The maximum absolute atomic E-state index is 11.9. The lowest BCUT2D eigenvalue weighted by Crippen LogP contribution is -2.32. The minimum Gasteiger partial charge on any atom is -0.397 e. The van der Waals surface area contributed by atoms with Gasteiger partial charge in [0.1, 0.15) is 0 Å². The molecule has 1 amide bonds. The van der Waals surface area contributed by atoms with Crippen LogP contribution in [0.25, 0.3) is 0 Å². The molecule has 0 spiro atoms. The fourth-order valence-electron chi connectivity index (χ4n) is 2.39. The largest absolute Gasteiger partial charge is 0.397 e. The Labute approximate surface area is 113 Å². The fourth-order valence-corrected chi connectivity index (χ4v) is 2.39. The second-order valence-corrected chi connectivity index (χ2v) is 5.21. The van der Waals surface area contributed by atoms with Crippen molar-refractivity contribution < 1.29 is 9.90 Å². The lowest BCUT2D eigenvalue weighted by Gasteiger charge is -2.16. The third kappa shape index (κ3) is 3.68. The second-order valence-electron chi connectivity index (χ2n) is 5.21. The summed E-state index contributed by atoms with van der Waals surface area (Å²) in [7, 11) is 0. The molecule has 0 saturated carbocycles. The van der Waals surface area contributed by atoms with Crippen molar-refractivity contribution in [1.82, 2.24) is 4.90 Å². The third-order valence-corrected chi connectivity index (χ3v) is 3.48. The van der Waals surface area contributed by atoms with Gasteiger partial charge in [-0.3, -0.25) is 9.69 Å². The van der Waals surface area contributed by atoms with Crippen LogP contribution in [0.1, 0.15) is 12.0 Å². The number of nitrogens with one attached hydrogen (secondary N) is 1. The molecule has 1 heterocycles. The van der Waals surface area contributed by atoms with Gasteiger partial charge in [0.15, 0.2) is 0 Å². The van der Waals surface area contributed by atoms with Crippen molar-refractivity contribution >= 4 is 17.3 Å². The van der Waals surface area contributed by atoms with E-state index in [0.717, 1.165) is 25.1 Å². The highest BCUT2D eigenvalue weighted by atomic mass is 16.3. The molecule has 19 heavy (non-hydrogen) atoms. The predicted molar refractivity (Wildman–Crippen MR) is 75.9 cm³/mol. The minimum atomic E-state index is -0.0610. The molecule has 1 saturated heterocycles. The summed E-state index contributed by atoms with van der Waals surface area (Å²) in [6, 6.07) is 5.58. The molecule has 1 aliphatic heterocycles. The average molecular weight is 263 g/mol. The quantitative estimate of drug-likeness (QED) is 0.703. The third-order valence-electron chi connectivity index (χ3n) is 3.48. The molecule has 0 aliphatic carbocycles. The van der Waals surface area contributed by atoms with Crippen LogP contribution in [-0.4, -0.2) is 42.2 Å². The van der Waals surface area contributed by atoms with E-state index in [1.165, 1.54) is 0 Å². The summed E-state index contributed by atoms with van der Waals surface area (Å²) in [4.78, 5) is 14.0. The van der Waals surface area contributed by atoms with Gasteiger partial charge in [-0.2, -0.15) is 0 Å². The number of nitrogen functional groups attached to an aromatic ring is 1. The number of hydrogen-bond donors (Lipinski definition) is 3. The summed E-state index contributed by atoms with van der Waals surface area (Å²) < 4.78 is 0. The SMILES string of the molecule is Cc1ccc(NC(=O)CN2CCC(CO)C2)c(N)c1. The number of aryl methyl sites for hydroxylation is 1. The van der Waals surface area contributed by atoms with Crippen LogP contribution in [0.2, 0.25) is 0 Å². The van der Waals surface area contributed by atoms with Gasteiger partial charge in [-0.15, -0.1) is 0 Å². The van der Waals surface area contributed by atoms with Crippen LogP contribution in [0.4, 0.5) is 11.4 Å². The zero-order chi connectivity index (χ0) is 13.8. The van der Waals surface area contributed by atoms with Crippen molar-refractivity contribution in [3.8, 4) is 0 Å². The number of nitrogens with zero attached hydrogens (tertiary/aromatic N) is 1. The maximum Gasteiger partial charge on any atom is 0.238 e. The summed E-state index contributed by atoms with van der Waals surface area (Å²) in [5.74, 6) is 0.242. The molecule has 2 rings (SSSR count). The van der Waals surface area contributed by atoms with Crippen LogP contribution < -0.4 is 11.1 Å². The molecule has 1 atom stereocenters. The van der Waals surface area contributed by atoms with Gasteiger partial charge >= 0.3 is 0 Å². The standard InChI is InChI=1S/C14H21N3O2/c1-10-2-3-13(12(15)6-10)16-14(19)8-17-5-4-11(7-17)9-18/h2-3,6,11,18H,4-5,7-9,15H2,1H3,(H,16,19). The molecule has 1 aromatic carbocycles. The summed E-state index contributed by atoms with van der Waals surface area (Å²) in [6.45, 7) is 4.16. The van der Waals surface area contributed by atoms with Crippen LogP contribution in [0.3, 0.4) is 0 Å². The van der Waals surface area contributed by atoms with E-state index in [4.69, 9.17) is 10.8 Å². The van der Waals surface area contributed by atoms with E-state index in [1.807, 2.05) is 25.1 Å². The van der Waals surface area contributed by atoms with E-state index < -0.39 is 0 Å². The number of carbonyl (C=O) groups excluding carboxylic acids is 1. The normalized spacial score (nSPS) is 19.6. The molecule has 1 aliphatic rings. The summed E-state index contributed by atoms with van der Waals surface area (Å²) in [5.41, 5.74) is 8.18. The maximum atomic E-state index is 11.9. The van der Waals surface area contributed by atoms with Crippen molar-refractivity contribution in [1.29, 1.82) is 0 Å². The van der Waals surface area contributed by atoms with Crippen LogP contribution >= 0.6 is 0 Å². The molecule has 1 aromatic rings. The molecule has 1 unspecified atom stereocenters. The van der Waals surface area contributed by atoms with Crippen LogP contribution in [0, 0.1) is 12.8 Å². The van der Waals surface area contributed by atoms with E-state index in [9.17, 15) is 4.79 Å². The number of rotatable bonds is 4. The van der Waals surface area contributed by atoms with Gasteiger partial charge in [-0.25, -0.2) is 0 Å². The Morgan fingerprint density at radius 2 is 2.37 bits per heavy atom. The zero-order valence-electron chi connectivity index (χ0n) is 11.2. The smallest absolute Gasteiger partial charge is 0.238 e. The molecule has 5 heteroatoms. The number of amides is 1. The van der Waals surface area contributed by atoms with E-state index in [2.05, 4.69) is 10.2 Å². The predicted octanol–water partition coefficient (Wildman–Crippen LogP) is 0.830. The summed E-state index contributed by atoms with van der Waals surface area (Å²) >= 11 is 0. The number of nitrogens with two attached hydrogens (primary N) is 1. The molecule has 0 bridgehead atoms. The molecule has 5 nitrogen and oxygen atoms in total. The summed E-state index contributed by atoms with van der Waals surface area (Å²) in [6.07, 6.45) is 0.955. The van der Waals surface area contributed by atoms with Gasteiger partial charge in [0.25, 0.3) is 0 Å². The Morgan fingerprint density at radius 3 is 3.00 bits per heavy atom.